The van der Waals surface area contributed by atoms with E-state index in [1.165, 1.54) is 31.2 Å². The van der Waals surface area contributed by atoms with Gasteiger partial charge in [-0.1, -0.05) is 106 Å². The first-order chi connectivity index (χ1) is 13.1. The molecule has 1 nitrogen and oxygen atoms in total. The first-order valence-electron chi connectivity index (χ1n) is 10.4. The van der Waals surface area contributed by atoms with Gasteiger partial charge in [-0.15, -0.1) is 0 Å². The molecule has 142 valence electrons. The molecule has 27 heavy (non-hydrogen) atoms. The molecule has 0 aliphatic carbocycles. The van der Waals surface area contributed by atoms with Gasteiger partial charge in [0.1, 0.15) is 5.75 Å². The predicted octanol–water partition coefficient (Wildman–Crippen LogP) is 7.41. The van der Waals surface area contributed by atoms with E-state index in [9.17, 15) is 5.11 Å². The smallest absolute Gasteiger partial charge is 0.127 e. The van der Waals surface area contributed by atoms with Crippen LogP contribution in [0.15, 0.2) is 66.7 Å². The molecule has 0 heterocycles. The van der Waals surface area contributed by atoms with Gasteiger partial charge in [-0.05, 0) is 35.6 Å². The van der Waals surface area contributed by atoms with Crippen molar-refractivity contribution in [1.29, 1.82) is 0 Å². The molecular weight excluding hydrogens is 328 g/mol. The van der Waals surface area contributed by atoms with Crippen LogP contribution in [0, 0.1) is 0 Å². The Kier molecular flexibility index (Phi) is 6.55. The van der Waals surface area contributed by atoms with Gasteiger partial charge in [0.05, 0.1) is 0 Å². The SMILES string of the molecule is CCCCCCC(C)(CCc1ccccc1)c1ccc2ccccc2c1O. The first-order valence-corrected chi connectivity index (χ1v) is 10.4. The highest BCUT2D eigenvalue weighted by Crippen LogP contribution is 2.42. The Morgan fingerprint density at radius 3 is 2.30 bits per heavy atom. The second-order valence-corrected chi connectivity index (χ2v) is 8.04. The number of hydrogen-bond acceptors (Lipinski definition) is 1. The molecule has 0 spiro atoms. The summed E-state index contributed by atoms with van der Waals surface area (Å²) in [6.45, 7) is 4.59. The highest BCUT2D eigenvalue weighted by atomic mass is 16.3. The van der Waals surface area contributed by atoms with Gasteiger partial charge < -0.3 is 5.11 Å². The molecule has 0 saturated carbocycles. The number of aryl methyl sites for hydroxylation is 1. The summed E-state index contributed by atoms with van der Waals surface area (Å²) < 4.78 is 0. The van der Waals surface area contributed by atoms with Crippen LogP contribution in [0.2, 0.25) is 0 Å². The minimum Gasteiger partial charge on any atom is -0.507 e. The van der Waals surface area contributed by atoms with Crippen LogP contribution >= 0.6 is 0 Å². The summed E-state index contributed by atoms with van der Waals surface area (Å²) in [4.78, 5) is 0. The Labute approximate surface area is 164 Å². The average Bonchev–Trinajstić information content (AvgIpc) is 2.71. The van der Waals surface area contributed by atoms with Crippen molar-refractivity contribution < 1.29 is 5.11 Å². The van der Waals surface area contributed by atoms with Crippen LogP contribution in [0.5, 0.6) is 5.75 Å². The largest absolute Gasteiger partial charge is 0.507 e. The zero-order chi connectivity index (χ0) is 19.1. The fraction of sp³-hybridized carbons (Fsp3) is 0.385. The fourth-order valence-electron chi connectivity index (χ4n) is 4.14. The van der Waals surface area contributed by atoms with Gasteiger partial charge in [-0.3, -0.25) is 0 Å². The molecule has 0 fully saturated rings. The maximum atomic E-state index is 11.1. The number of aromatic hydroxyl groups is 1. The molecule has 1 unspecified atom stereocenters. The molecule has 1 atom stereocenters. The number of benzene rings is 3. The van der Waals surface area contributed by atoms with E-state index >= 15 is 0 Å². The molecule has 1 N–H and O–H groups in total. The van der Waals surface area contributed by atoms with E-state index in [1.54, 1.807) is 0 Å². The maximum absolute atomic E-state index is 11.1. The highest BCUT2D eigenvalue weighted by molar-refractivity contribution is 5.89. The van der Waals surface area contributed by atoms with Crippen molar-refractivity contribution in [3.63, 3.8) is 0 Å². The first kappa shape index (κ1) is 19.5. The van der Waals surface area contributed by atoms with Crippen molar-refractivity contribution in [3.8, 4) is 5.75 Å². The standard InChI is InChI=1S/C26H32O/c1-3-4-5-11-19-26(2,20-18-21-12-7-6-8-13-21)24-17-16-22-14-9-10-15-23(22)25(24)27/h6-10,12-17,27H,3-5,11,18-20H2,1-2H3. The van der Waals surface area contributed by atoms with Crippen LogP contribution in [0.25, 0.3) is 10.8 Å². The molecule has 0 saturated heterocycles. The van der Waals surface area contributed by atoms with Gasteiger partial charge in [0, 0.05) is 10.9 Å². The lowest BCUT2D eigenvalue weighted by atomic mass is 9.73. The summed E-state index contributed by atoms with van der Waals surface area (Å²) >= 11 is 0. The zero-order valence-corrected chi connectivity index (χ0v) is 16.7. The van der Waals surface area contributed by atoms with Gasteiger partial charge in [0.2, 0.25) is 0 Å². The van der Waals surface area contributed by atoms with Crippen LogP contribution in [0.3, 0.4) is 0 Å². The molecule has 0 aliphatic rings. The molecular formula is C26H32O. The molecule has 0 aromatic heterocycles. The summed E-state index contributed by atoms with van der Waals surface area (Å²) in [6, 6.07) is 23.2. The average molecular weight is 361 g/mol. The Bertz CT molecular complexity index is 852. The summed E-state index contributed by atoms with van der Waals surface area (Å²) in [7, 11) is 0. The van der Waals surface area contributed by atoms with Crippen molar-refractivity contribution in [3.05, 3.63) is 77.9 Å². The van der Waals surface area contributed by atoms with Gasteiger partial charge in [-0.2, -0.15) is 0 Å². The molecule has 0 radical (unpaired) electrons. The van der Waals surface area contributed by atoms with E-state index in [0.717, 1.165) is 35.6 Å². The minimum absolute atomic E-state index is 0.0162. The number of rotatable bonds is 9. The molecule has 0 bridgehead atoms. The highest BCUT2D eigenvalue weighted by Gasteiger charge is 2.29. The van der Waals surface area contributed by atoms with E-state index in [4.69, 9.17) is 0 Å². The second-order valence-electron chi connectivity index (χ2n) is 8.04. The van der Waals surface area contributed by atoms with E-state index in [1.807, 2.05) is 18.2 Å². The molecule has 1 heteroatoms. The Hall–Kier alpha value is -2.28. The summed E-state index contributed by atoms with van der Waals surface area (Å²) in [6.07, 6.45) is 8.23. The summed E-state index contributed by atoms with van der Waals surface area (Å²) in [5.41, 5.74) is 2.46. The molecule has 3 aromatic carbocycles. The van der Waals surface area contributed by atoms with Crippen molar-refractivity contribution in [2.45, 2.75) is 64.2 Å². The van der Waals surface area contributed by atoms with Gasteiger partial charge in [0.25, 0.3) is 0 Å². The van der Waals surface area contributed by atoms with Gasteiger partial charge >= 0.3 is 0 Å². The Balaban J connectivity index is 1.89. The molecule has 0 aliphatic heterocycles. The van der Waals surface area contributed by atoms with E-state index < -0.39 is 0 Å². The number of fused-ring (bicyclic) bond motifs is 1. The third-order valence-electron chi connectivity index (χ3n) is 5.94. The monoisotopic (exact) mass is 360 g/mol. The lowest BCUT2D eigenvalue weighted by molar-refractivity contribution is 0.361. The van der Waals surface area contributed by atoms with Crippen LogP contribution in [0.1, 0.15) is 63.5 Å². The number of phenolic OH excluding ortho intramolecular Hbond substituents is 1. The summed E-state index contributed by atoms with van der Waals surface area (Å²) in [5, 5.41) is 13.2. The topological polar surface area (TPSA) is 20.2 Å². The second kappa shape index (κ2) is 9.08. The van der Waals surface area contributed by atoms with E-state index in [-0.39, 0.29) is 5.41 Å². The summed E-state index contributed by atoms with van der Waals surface area (Å²) in [5.74, 6) is 0.471. The lowest BCUT2D eigenvalue weighted by Crippen LogP contribution is -2.23. The molecule has 3 rings (SSSR count). The van der Waals surface area contributed by atoms with E-state index in [2.05, 4.69) is 62.4 Å². The van der Waals surface area contributed by atoms with Crippen LogP contribution < -0.4 is 0 Å². The molecule has 3 aromatic rings. The Morgan fingerprint density at radius 2 is 1.52 bits per heavy atom. The lowest BCUT2D eigenvalue weighted by Gasteiger charge is -2.32. The predicted molar refractivity (Wildman–Crippen MR) is 116 cm³/mol. The zero-order valence-electron chi connectivity index (χ0n) is 16.7. The van der Waals surface area contributed by atoms with Crippen LogP contribution in [-0.4, -0.2) is 5.11 Å². The van der Waals surface area contributed by atoms with Crippen LogP contribution in [-0.2, 0) is 11.8 Å². The maximum Gasteiger partial charge on any atom is 0.127 e. The number of hydrogen-bond donors (Lipinski definition) is 1. The number of unbranched alkanes of at least 4 members (excludes halogenated alkanes) is 3. The van der Waals surface area contributed by atoms with Gasteiger partial charge in [0.15, 0.2) is 0 Å². The third-order valence-corrected chi connectivity index (χ3v) is 5.94. The molecule has 0 amide bonds. The number of phenols is 1. The van der Waals surface area contributed by atoms with Crippen LogP contribution in [0.4, 0.5) is 0 Å². The quantitative estimate of drug-likeness (QED) is 0.394. The van der Waals surface area contributed by atoms with Crippen molar-refractivity contribution in [2.75, 3.05) is 0 Å². The minimum atomic E-state index is -0.0162. The third kappa shape index (κ3) is 4.71. The van der Waals surface area contributed by atoms with Crippen molar-refractivity contribution in [2.24, 2.45) is 0 Å². The van der Waals surface area contributed by atoms with Crippen molar-refractivity contribution in [1.82, 2.24) is 0 Å². The Morgan fingerprint density at radius 1 is 0.778 bits per heavy atom. The van der Waals surface area contributed by atoms with Gasteiger partial charge in [-0.25, -0.2) is 0 Å². The fourth-order valence-corrected chi connectivity index (χ4v) is 4.14. The van der Waals surface area contributed by atoms with Crippen molar-refractivity contribution >= 4 is 10.8 Å². The van der Waals surface area contributed by atoms with E-state index in [0.29, 0.717) is 5.75 Å². The normalized spacial score (nSPS) is 13.6.